The quantitative estimate of drug-likeness (QED) is 0.905. The largest absolute Gasteiger partial charge is 0.416 e. The van der Waals surface area contributed by atoms with Gasteiger partial charge in [-0.15, -0.1) is 0 Å². The molecule has 0 aliphatic rings. The molecule has 1 atom stereocenters. The van der Waals surface area contributed by atoms with Crippen molar-refractivity contribution in [1.82, 2.24) is 15.5 Å². The van der Waals surface area contributed by atoms with Crippen LogP contribution in [0.2, 0.25) is 0 Å². The molecule has 124 valence electrons. The Morgan fingerprint density at radius 3 is 2.57 bits per heavy atom. The van der Waals surface area contributed by atoms with Crippen molar-refractivity contribution in [2.45, 2.75) is 39.4 Å². The summed E-state index contributed by atoms with van der Waals surface area (Å²) in [6, 6.07) is 4.77. The van der Waals surface area contributed by atoms with E-state index in [2.05, 4.69) is 15.5 Å². The molecule has 0 saturated heterocycles. The van der Waals surface area contributed by atoms with E-state index >= 15 is 0 Å². The van der Waals surface area contributed by atoms with Gasteiger partial charge < -0.3 is 5.32 Å². The Kier molecular flexibility index (Phi) is 4.77. The van der Waals surface area contributed by atoms with Gasteiger partial charge in [0.15, 0.2) is 0 Å². The Bertz CT molecular complexity index is 707. The summed E-state index contributed by atoms with van der Waals surface area (Å²) >= 11 is 0. The average Bonchev–Trinajstić information content (AvgIpc) is 2.82. The maximum Gasteiger partial charge on any atom is 0.416 e. The highest BCUT2D eigenvalue weighted by atomic mass is 19.4. The number of halogens is 3. The summed E-state index contributed by atoms with van der Waals surface area (Å²) in [6.07, 6.45) is -3.98. The minimum absolute atomic E-state index is 0.0323. The van der Waals surface area contributed by atoms with Crippen LogP contribution in [0.1, 0.15) is 39.8 Å². The number of aromatic nitrogens is 2. The van der Waals surface area contributed by atoms with Crippen LogP contribution in [0.4, 0.5) is 13.2 Å². The van der Waals surface area contributed by atoms with Gasteiger partial charge >= 0.3 is 6.18 Å². The number of rotatable bonds is 4. The van der Waals surface area contributed by atoms with Gasteiger partial charge in [0, 0.05) is 23.7 Å². The number of alkyl halides is 3. The Balaban J connectivity index is 2.10. The molecule has 23 heavy (non-hydrogen) atoms. The highest BCUT2D eigenvalue weighted by Gasteiger charge is 2.31. The van der Waals surface area contributed by atoms with E-state index in [9.17, 15) is 18.0 Å². The molecule has 0 radical (unpaired) electrons. The third kappa shape index (κ3) is 4.34. The second-order valence-electron chi connectivity index (χ2n) is 5.65. The van der Waals surface area contributed by atoms with Crippen LogP contribution in [0.15, 0.2) is 24.3 Å². The van der Waals surface area contributed by atoms with Gasteiger partial charge in [-0.05, 0) is 44.5 Å². The zero-order valence-corrected chi connectivity index (χ0v) is 13.1. The smallest absolute Gasteiger partial charge is 0.349 e. The third-order valence-corrected chi connectivity index (χ3v) is 3.46. The number of H-pyrrole nitrogens is 1. The first kappa shape index (κ1) is 17.1. The summed E-state index contributed by atoms with van der Waals surface area (Å²) < 4.78 is 38.3. The molecule has 4 nitrogen and oxygen atoms in total. The van der Waals surface area contributed by atoms with Crippen LogP contribution in [0.5, 0.6) is 0 Å². The molecule has 7 heteroatoms. The minimum atomic E-state index is -4.47. The number of amides is 1. The monoisotopic (exact) mass is 325 g/mol. The van der Waals surface area contributed by atoms with Crippen molar-refractivity contribution < 1.29 is 18.0 Å². The molecular weight excluding hydrogens is 307 g/mol. The number of hydrogen-bond acceptors (Lipinski definition) is 2. The second kappa shape index (κ2) is 6.44. The number of nitrogens with zero attached hydrogens (tertiary/aromatic N) is 1. The predicted octanol–water partition coefficient (Wildman–Crippen LogP) is 3.41. The zero-order chi connectivity index (χ0) is 17.2. The van der Waals surface area contributed by atoms with Gasteiger partial charge in [0.1, 0.15) is 0 Å². The van der Waals surface area contributed by atoms with Crippen molar-refractivity contribution in [2.24, 2.45) is 0 Å². The van der Waals surface area contributed by atoms with Crippen LogP contribution in [-0.2, 0) is 12.6 Å². The standard InChI is InChI=1S/C16H18F3N3O/c1-9-4-5-12(16(17,18)19)8-14(9)15(23)20-10(2)6-13-7-11(3)21-22-13/h4-5,7-8,10H,6H2,1-3H3,(H,20,23)(H,21,22)/t10-/m0/s1. The van der Waals surface area contributed by atoms with E-state index in [1.807, 2.05) is 13.0 Å². The van der Waals surface area contributed by atoms with E-state index in [4.69, 9.17) is 0 Å². The fourth-order valence-electron chi connectivity index (χ4n) is 2.29. The summed E-state index contributed by atoms with van der Waals surface area (Å²) in [5.74, 6) is -0.520. The van der Waals surface area contributed by atoms with Gasteiger partial charge in [-0.3, -0.25) is 9.89 Å². The van der Waals surface area contributed by atoms with E-state index in [1.54, 1.807) is 13.8 Å². The normalized spacial score (nSPS) is 13.0. The number of carbonyl (C=O) groups excluding carboxylic acids is 1. The van der Waals surface area contributed by atoms with Gasteiger partial charge in [-0.1, -0.05) is 6.07 Å². The number of hydrogen-bond donors (Lipinski definition) is 2. The van der Waals surface area contributed by atoms with Gasteiger partial charge in [-0.25, -0.2) is 0 Å². The minimum Gasteiger partial charge on any atom is -0.349 e. The lowest BCUT2D eigenvalue weighted by atomic mass is 10.0. The number of carbonyl (C=O) groups is 1. The lowest BCUT2D eigenvalue weighted by molar-refractivity contribution is -0.137. The van der Waals surface area contributed by atoms with Crippen molar-refractivity contribution in [3.8, 4) is 0 Å². The Morgan fingerprint density at radius 2 is 2.00 bits per heavy atom. The van der Waals surface area contributed by atoms with Crippen LogP contribution >= 0.6 is 0 Å². The molecular formula is C16H18F3N3O. The molecule has 1 aromatic heterocycles. The van der Waals surface area contributed by atoms with Gasteiger partial charge in [-0.2, -0.15) is 18.3 Å². The van der Waals surface area contributed by atoms with Crippen molar-refractivity contribution >= 4 is 5.91 Å². The van der Waals surface area contributed by atoms with Crippen molar-refractivity contribution in [3.63, 3.8) is 0 Å². The van der Waals surface area contributed by atoms with Gasteiger partial charge in [0.05, 0.1) is 11.3 Å². The molecule has 0 spiro atoms. The first-order valence-electron chi connectivity index (χ1n) is 7.16. The summed E-state index contributed by atoms with van der Waals surface area (Å²) in [4.78, 5) is 12.2. The van der Waals surface area contributed by atoms with Crippen LogP contribution < -0.4 is 5.32 Å². The van der Waals surface area contributed by atoms with Gasteiger partial charge in [0.2, 0.25) is 0 Å². The highest BCUT2D eigenvalue weighted by Crippen LogP contribution is 2.30. The van der Waals surface area contributed by atoms with Gasteiger partial charge in [0.25, 0.3) is 5.91 Å². The molecule has 0 aliphatic carbocycles. The third-order valence-electron chi connectivity index (χ3n) is 3.46. The molecule has 0 bridgehead atoms. The highest BCUT2D eigenvalue weighted by molar-refractivity contribution is 5.96. The molecule has 0 unspecified atom stereocenters. The molecule has 1 amide bonds. The summed E-state index contributed by atoms with van der Waals surface area (Å²) in [7, 11) is 0. The van der Waals surface area contributed by atoms with Crippen molar-refractivity contribution in [3.05, 3.63) is 52.3 Å². The van der Waals surface area contributed by atoms with Crippen molar-refractivity contribution in [1.29, 1.82) is 0 Å². The number of benzene rings is 1. The first-order valence-corrected chi connectivity index (χ1v) is 7.16. The van der Waals surface area contributed by atoms with E-state index in [1.165, 1.54) is 6.07 Å². The Labute approximate surface area is 132 Å². The Morgan fingerprint density at radius 1 is 1.30 bits per heavy atom. The lowest BCUT2D eigenvalue weighted by Gasteiger charge is -2.15. The molecule has 2 aromatic rings. The number of aromatic amines is 1. The molecule has 1 aromatic carbocycles. The maximum absolute atomic E-state index is 12.8. The predicted molar refractivity (Wildman–Crippen MR) is 80.1 cm³/mol. The van der Waals surface area contributed by atoms with E-state index in [0.717, 1.165) is 23.5 Å². The SMILES string of the molecule is Cc1cc(C[C@H](C)NC(=O)c2cc(C(F)(F)F)ccc2C)n[nH]1. The lowest BCUT2D eigenvalue weighted by Crippen LogP contribution is -2.34. The van der Waals surface area contributed by atoms with E-state index in [-0.39, 0.29) is 11.6 Å². The van der Waals surface area contributed by atoms with E-state index in [0.29, 0.717) is 12.0 Å². The Hall–Kier alpha value is -2.31. The molecule has 0 fully saturated rings. The molecule has 1 heterocycles. The van der Waals surface area contributed by atoms with Crippen LogP contribution in [0, 0.1) is 13.8 Å². The number of nitrogens with one attached hydrogen (secondary N) is 2. The van der Waals surface area contributed by atoms with E-state index < -0.39 is 17.6 Å². The number of aryl methyl sites for hydroxylation is 2. The maximum atomic E-state index is 12.8. The summed E-state index contributed by atoms with van der Waals surface area (Å²) in [5.41, 5.74) is 1.40. The second-order valence-corrected chi connectivity index (χ2v) is 5.65. The molecule has 2 rings (SSSR count). The summed E-state index contributed by atoms with van der Waals surface area (Å²) in [6.45, 7) is 5.26. The fraction of sp³-hybridized carbons (Fsp3) is 0.375. The first-order chi connectivity index (χ1) is 10.7. The fourth-order valence-corrected chi connectivity index (χ4v) is 2.29. The van der Waals surface area contributed by atoms with Crippen LogP contribution in [0.25, 0.3) is 0 Å². The van der Waals surface area contributed by atoms with Crippen molar-refractivity contribution in [2.75, 3.05) is 0 Å². The average molecular weight is 325 g/mol. The molecule has 0 saturated carbocycles. The summed E-state index contributed by atoms with van der Waals surface area (Å²) in [5, 5.41) is 9.59. The zero-order valence-electron chi connectivity index (χ0n) is 13.1. The molecule has 0 aliphatic heterocycles. The topological polar surface area (TPSA) is 57.8 Å². The molecule has 2 N–H and O–H groups in total. The van der Waals surface area contributed by atoms with Crippen LogP contribution in [-0.4, -0.2) is 22.1 Å². The van der Waals surface area contributed by atoms with Crippen LogP contribution in [0.3, 0.4) is 0 Å².